The molecule has 0 saturated carbocycles. The molecular weight excluding hydrogens is 260 g/mol. The summed E-state index contributed by atoms with van der Waals surface area (Å²) in [6, 6.07) is 5.01. The van der Waals surface area contributed by atoms with Gasteiger partial charge in [0.15, 0.2) is 0 Å². The molecule has 0 aromatic heterocycles. The molecule has 0 spiro atoms. The second kappa shape index (κ2) is 5.14. The van der Waals surface area contributed by atoms with Crippen molar-refractivity contribution in [3.63, 3.8) is 0 Å². The minimum atomic E-state index is -0.143. The van der Waals surface area contributed by atoms with E-state index in [4.69, 9.17) is 10.8 Å². The minimum Gasteiger partial charge on any atom is -0.399 e. The van der Waals surface area contributed by atoms with Crippen molar-refractivity contribution in [2.24, 2.45) is 0 Å². The summed E-state index contributed by atoms with van der Waals surface area (Å²) in [5, 5.41) is 8.72. The number of rotatable bonds is 3. The highest BCUT2D eigenvalue weighted by molar-refractivity contribution is 9.10. The maximum absolute atomic E-state index is 11.8. The van der Waals surface area contributed by atoms with Crippen LogP contribution in [0.3, 0.4) is 0 Å². The Kier molecular flexibility index (Phi) is 4.11. The molecule has 0 saturated heterocycles. The van der Waals surface area contributed by atoms with Gasteiger partial charge in [-0.3, -0.25) is 4.79 Å². The summed E-state index contributed by atoms with van der Waals surface area (Å²) in [5.41, 5.74) is 6.71. The van der Waals surface area contributed by atoms with Crippen molar-refractivity contribution in [2.75, 3.05) is 25.9 Å². The lowest BCUT2D eigenvalue weighted by molar-refractivity contribution is 0.0766. The number of amides is 1. The number of nitrogens with two attached hydrogens (primary N) is 1. The van der Waals surface area contributed by atoms with E-state index in [-0.39, 0.29) is 12.5 Å². The number of aliphatic hydroxyl groups is 1. The molecule has 3 N–H and O–H groups in total. The smallest absolute Gasteiger partial charge is 0.254 e. The number of carbonyl (C=O) groups is 1. The number of halogens is 1. The topological polar surface area (TPSA) is 66.6 Å². The first-order chi connectivity index (χ1) is 7.06. The van der Waals surface area contributed by atoms with Crippen molar-refractivity contribution in [1.29, 1.82) is 0 Å². The van der Waals surface area contributed by atoms with Gasteiger partial charge in [0.25, 0.3) is 5.91 Å². The molecule has 0 fully saturated rings. The van der Waals surface area contributed by atoms with E-state index in [0.29, 0.717) is 22.3 Å². The summed E-state index contributed by atoms with van der Waals surface area (Å²) in [7, 11) is 1.64. The van der Waals surface area contributed by atoms with Crippen LogP contribution in [0.5, 0.6) is 0 Å². The minimum absolute atomic E-state index is 0.0468. The van der Waals surface area contributed by atoms with Crippen LogP contribution in [0, 0.1) is 0 Å². The number of aliphatic hydroxyl groups excluding tert-OH is 1. The summed E-state index contributed by atoms with van der Waals surface area (Å²) in [6.45, 7) is 0.268. The molecule has 82 valence electrons. The number of carbonyl (C=O) groups excluding carboxylic acids is 1. The SMILES string of the molecule is CN(CCO)C(=O)c1ccc(N)cc1Br. The molecule has 0 aliphatic carbocycles. The monoisotopic (exact) mass is 272 g/mol. The number of nitrogen functional groups attached to an aromatic ring is 1. The Morgan fingerprint density at radius 3 is 2.80 bits per heavy atom. The van der Waals surface area contributed by atoms with E-state index in [2.05, 4.69) is 15.9 Å². The van der Waals surface area contributed by atoms with Gasteiger partial charge >= 0.3 is 0 Å². The third kappa shape index (κ3) is 2.94. The predicted molar refractivity (Wildman–Crippen MR) is 62.6 cm³/mol. The van der Waals surface area contributed by atoms with Crippen molar-refractivity contribution in [2.45, 2.75) is 0 Å². The lowest BCUT2D eigenvalue weighted by Gasteiger charge is -2.16. The van der Waals surface area contributed by atoms with Crippen molar-refractivity contribution in [1.82, 2.24) is 4.90 Å². The fourth-order valence-corrected chi connectivity index (χ4v) is 1.73. The summed E-state index contributed by atoms with van der Waals surface area (Å²) in [4.78, 5) is 13.3. The number of likely N-dealkylation sites (N-methyl/N-ethyl adjacent to an activating group) is 1. The highest BCUT2D eigenvalue weighted by Crippen LogP contribution is 2.20. The van der Waals surface area contributed by atoms with Crippen LogP contribution in [0.1, 0.15) is 10.4 Å². The Labute approximate surface area is 96.8 Å². The molecule has 5 heteroatoms. The Bertz CT molecular complexity index is 368. The summed E-state index contributed by atoms with van der Waals surface area (Å²) >= 11 is 3.28. The molecule has 1 aromatic rings. The Morgan fingerprint density at radius 2 is 2.27 bits per heavy atom. The third-order valence-corrected chi connectivity index (χ3v) is 2.66. The summed E-state index contributed by atoms with van der Waals surface area (Å²) in [5.74, 6) is -0.143. The molecule has 1 aromatic carbocycles. The van der Waals surface area contributed by atoms with Crippen LogP contribution >= 0.6 is 15.9 Å². The third-order valence-electron chi connectivity index (χ3n) is 2.01. The van der Waals surface area contributed by atoms with Gasteiger partial charge in [-0.1, -0.05) is 0 Å². The van der Waals surface area contributed by atoms with Crippen LogP contribution in [0.4, 0.5) is 5.69 Å². The molecule has 1 rings (SSSR count). The van der Waals surface area contributed by atoms with Crippen LogP contribution in [0.2, 0.25) is 0 Å². The fourth-order valence-electron chi connectivity index (χ4n) is 1.16. The number of hydrogen-bond acceptors (Lipinski definition) is 3. The van der Waals surface area contributed by atoms with Gasteiger partial charge < -0.3 is 15.7 Å². The number of anilines is 1. The molecule has 1 amide bonds. The first kappa shape index (κ1) is 12.0. The normalized spacial score (nSPS) is 10.1. The van der Waals surface area contributed by atoms with Crippen LogP contribution in [-0.2, 0) is 0 Å². The average molecular weight is 273 g/mol. The van der Waals surface area contributed by atoms with Crippen LogP contribution < -0.4 is 5.73 Å². The van der Waals surface area contributed by atoms with Crippen molar-refractivity contribution >= 4 is 27.5 Å². The second-order valence-electron chi connectivity index (χ2n) is 3.19. The van der Waals surface area contributed by atoms with Gasteiger partial charge in [-0.15, -0.1) is 0 Å². The largest absolute Gasteiger partial charge is 0.399 e. The maximum atomic E-state index is 11.8. The van der Waals surface area contributed by atoms with Gasteiger partial charge in [0, 0.05) is 23.8 Å². The molecule has 0 radical (unpaired) electrons. The van der Waals surface area contributed by atoms with E-state index in [1.807, 2.05) is 0 Å². The molecule has 0 aliphatic rings. The number of benzene rings is 1. The zero-order chi connectivity index (χ0) is 11.4. The van der Waals surface area contributed by atoms with Crippen LogP contribution in [0.25, 0.3) is 0 Å². The summed E-state index contributed by atoms with van der Waals surface area (Å²) in [6.07, 6.45) is 0. The van der Waals surface area contributed by atoms with E-state index >= 15 is 0 Å². The molecule has 0 bridgehead atoms. The lowest BCUT2D eigenvalue weighted by Crippen LogP contribution is -2.29. The average Bonchev–Trinajstić information content (AvgIpc) is 2.17. The van der Waals surface area contributed by atoms with E-state index < -0.39 is 0 Å². The van der Waals surface area contributed by atoms with E-state index in [0.717, 1.165) is 0 Å². The standard InChI is InChI=1S/C10H13BrN2O2/c1-13(4-5-14)10(15)8-3-2-7(12)6-9(8)11/h2-3,6,14H,4-5,12H2,1H3. The van der Waals surface area contributed by atoms with E-state index in [1.54, 1.807) is 25.2 Å². The molecule has 0 heterocycles. The van der Waals surface area contributed by atoms with Gasteiger partial charge in [0.1, 0.15) is 0 Å². The Balaban J connectivity index is 2.91. The molecule has 0 unspecified atom stereocenters. The fraction of sp³-hybridized carbons (Fsp3) is 0.300. The highest BCUT2D eigenvalue weighted by Gasteiger charge is 2.14. The van der Waals surface area contributed by atoms with Gasteiger partial charge in [-0.25, -0.2) is 0 Å². The Morgan fingerprint density at radius 1 is 1.60 bits per heavy atom. The predicted octanol–water partition coefficient (Wildman–Crippen LogP) is 1.10. The van der Waals surface area contributed by atoms with Gasteiger partial charge in [-0.2, -0.15) is 0 Å². The summed E-state index contributed by atoms with van der Waals surface area (Å²) < 4.78 is 0.664. The quantitative estimate of drug-likeness (QED) is 0.810. The zero-order valence-corrected chi connectivity index (χ0v) is 9.99. The Hall–Kier alpha value is -1.07. The molecular formula is C10H13BrN2O2. The van der Waals surface area contributed by atoms with E-state index in [1.165, 1.54) is 4.90 Å². The first-order valence-corrected chi connectivity index (χ1v) is 5.27. The molecule has 0 atom stereocenters. The van der Waals surface area contributed by atoms with Crippen LogP contribution in [0.15, 0.2) is 22.7 Å². The van der Waals surface area contributed by atoms with Crippen molar-refractivity contribution in [3.05, 3.63) is 28.2 Å². The highest BCUT2D eigenvalue weighted by atomic mass is 79.9. The van der Waals surface area contributed by atoms with Gasteiger partial charge in [0.2, 0.25) is 0 Å². The lowest BCUT2D eigenvalue weighted by atomic mass is 10.2. The number of hydrogen-bond donors (Lipinski definition) is 2. The van der Waals surface area contributed by atoms with Gasteiger partial charge in [0.05, 0.1) is 12.2 Å². The molecule has 4 nitrogen and oxygen atoms in total. The first-order valence-electron chi connectivity index (χ1n) is 4.47. The molecule has 15 heavy (non-hydrogen) atoms. The maximum Gasteiger partial charge on any atom is 0.254 e. The molecule has 0 aliphatic heterocycles. The van der Waals surface area contributed by atoms with Crippen molar-refractivity contribution < 1.29 is 9.90 Å². The van der Waals surface area contributed by atoms with Crippen LogP contribution in [-0.4, -0.2) is 36.1 Å². The second-order valence-corrected chi connectivity index (χ2v) is 4.04. The van der Waals surface area contributed by atoms with E-state index in [9.17, 15) is 4.79 Å². The van der Waals surface area contributed by atoms with Gasteiger partial charge in [-0.05, 0) is 34.1 Å². The number of nitrogens with zero attached hydrogens (tertiary/aromatic N) is 1. The van der Waals surface area contributed by atoms with Crippen molar-refractivity contribution in [3.8, 4) is 0 Å². The zero-order valence-electron chi connectivity index (χ0n) is 8.40.